The van der Waals surface area contributed by atoms with Crippen LogP contribution in [0, 0.1) is 11.3 Å². The fourth-order valence-electron chi connectivity index (χ4n) is 2.65. The predicted molar refractivity (Wildman–Crippen MR) is 96.3 cm³/mol. The highest BCUT2D eigenvalue weighted by Gasteiger charge is 2.33. The molecule has 0 saturated heterocycles. The average Bonchev–Trinajstić information content (AvgIpc) is 2.46. The molecule has 1 aromatic carbocycles. The van der Waals surface area contributed by atoms with E-state index in [2.05, 4.69) is 72.7 Å². The molecule has 0 fully saturated rings. The van der Waals surface area contributed by atoms with E-state index in [1.54, 1.807) is 0 Å². The number of hydrogen-bond acceptors (Lipinski definition) is 1. The van der Waals surface area contributed by atoms with E-state index < -0.39 is 0 Å². The van der Waals surface area contributed by atoms with Gasteiger partial charge >= 0.3 is 0 Å². The Hall–Kier alpha value is -1.31. The number of hydrogen-bond donors (Lipinski definition) is 0. The van der Waals surface area contributed by atoms with Crippen LogP contribution >= 0.6 is 0 Å². The van der Waals surface area contributed by atoms with Crippen molar-refractivity contribution in [2.45, 2.75) is 73.8 Å². The van der Waals surface area contributed by atoms with Crippen LogP contribution in [-0.4, -0.2) is 11.9 Å². The number of nitrogens with zero attached hydrogens (tertiary/aromatic N) is 1. The maximum atomic E-state index is 13.1. The molecule has 124 valence electrons. The fourth-order valence-corrected chi connectivity index (χ4v) is 2.65. The topological polar surface area (TPSA) is 20.3 Å². The van der Waals surface area contributed by atoms with Gasteiger partial charge in [-0.15, -0.1) is 0 Å². The monoisotopic (exact) mass is 303 g/mol. The van der Waals surface area contributed by atoms with Crippen LogP contribution in [0.5, 0.6) is 0 Å². The van der Waals surface area contributed by atoms with E-state index in [-0.39, 0.29) is 23.3 Å². The zero-order valence-corrected chi connectivity index (χ0v) is 15.4. The van der Waals surface area contributed by atoms with Gasteiger partial charge in [-0.2, -0.15) is 0 Å². The van der Waals surface area contributed by atoms with Gasteiger partial charge in [0.15, 0.2) is 0 Å². The summed E-state index contributed by atoms with van der Waals surface area (Å²) >= 11 is 0. The van der Waals surface area contributed by atoms with E-state index in [0.29, 0.717) is 0 Å². The Kier molecular flexibility index (Phi) is 6.65. The van der Waals surface area contributed by atoms with Gasteiger partial charge in [-0.05, 0) is 42.9 Å². The minimum atomic E-state index is -0.0242. The van der Waals surface area contributed by atoms with Crippen molar-refractivity contribution < 1.29 is 4.79 Å². The first kappa shape index (κ1) is 18.7. The van der Waals surface area contributed by atoms with Gasteiger partial charge in [-0.1, -0.05) is 60.1 Å². The molecule has 0 heterocycles. The van der Waals surface area contributed by atoms with Gasteiger partial charge in [0.2, 0.25) is 5.91 Å². The zero-order valence-electron chi connectivity index (χ0n) is 15.4. The molecule has 0 spiro atoms. The van der Waals surface area contributed by atoms with Gasteiger partial charge in [0.25, 0.3) is 0 Å². The van der Waals surface area contributed by atoms with Crippen LogP contribution in [0.1, 0.15) is 66.9 Å². The van der Waals surface area contributed by atoms with Crippen molar-refractivity contribution in [1.82, 2.24) is 0 Å². The first-order chi connectivity index (χ1) is 10.2. The second-order valence-corrected chi connectivity index (χ2v) is 7.46. The van der Waals surface area contributed by atoms with Crippen LogP contribution < -0.4 is 4.90 Å². The summed E-state index contributed by atoms with van der Waals surface area (Å²) in [5.41, 5.74) is 2.30. The third-order valence-corrected chi connectivity index (χ3v) is 4.65. The largest absolute Gasteiger partial charge is 0.309 e. The highest BCUT2D eigenvalue weighted by molar-refractivity contribution is 5.95. The van der Waals surface area contributed by atoms with Crippen LogP contribution in [0.2, 0.25) is 0 Å². The maximum absolute atomic E-state index is 13.1. The average molecular weight is 303 g/mol. The van der Waals surface area contributed by atoms with Gasteiger partial charge in [0.05, 0.1) is 0 Å². The summed E-state index contributed by atoms with van der Waals surface area (Å²) < 4.78 is 0. The minimum absolute atomic E-state index is 0.00270. The number of carbonyl (C=O) groups is 1. The Morgan fingerprint density at radius 1 is 1.18 bits per heavy atom. The minimum Gasteiger partial charge on any atom is -0.309 e. The van der Waals surface area contributed by atoms with Crippen LogP contribution in [0.15, 0.2) is 24.3 Å². The van der Waals surface area contributed by atoms with Gasteiger partial charge < -0.3 is 4.90 Å². The number of aryl methyl sites for hydroxylation is 1. The van der Waals surface area contributed by atoms with Crippen molar-refractivity contribution in [3.63, 3.8) is 0 Å². The summed E-state index contributed by atoms with van der Waals surface area (Å²) in [6.07, 6.45) is 3.11. The Labute approximate surface area is 136 Å². The van der Waals surface area contributed by atoms with Gasteiger partial charge in [-0.3, -0.25) is 4.79 Å². The van der Waals surface area contributed by atoms with Gasteiger partial charge in [-0.25, -0.2) is 0 Å². The quantitative estimate of drug-likeness (QED) is 0.684. The van der Waals surface area contributed by atoms with Gasteiger partial charge in [0, 0.05) is 17.6 Å². The second-order valence-electron chi connectivity index (χ2n) is 7.46. The lowest BCUT2D eigenvalue weighted by atomic mass is 9.81. The molecule has 0 aromatic heterocycles. The van der Waals surface area contributed by atoms with Crippen molar-refractivity contribution in [3.05, 3.63) is 29.8 Å². The lowest BCUT2D eigenvalue weighted by molar-refractivity contribution is -0.125. The molecule has 0 aliphatic rings. The van der Waals surface area contributed by atoms with Crippen molar-refractivity contribution in [2.75, 3.05) is 4.90 Å². The number of anilines is 1. The SMILES string of the molecule is CCCC(C)N(C(=O)C(C)C(C)(C)C)c1cccc(CC)c1. The Morgan fingerprint density at radius 3 is 2.32 bits per heavy atom. The van der Waals surface area contributed by atoms with E-state index >= 15 is 0 Å². The van der Waals surface area contributed by atoms with E-state index in [4.69, 9.17) is 0 Å². The molecule has 2 unspecified atom stereocenters. The Morgan fingerprint density at radius 2 is 1.82 bits per heavy atom. The molecule has 0 N–H and O–H groups in total. The summed E-state index contributed by atoms with van der Waals surface area (Å²) in [6.45, 7) is 15.0. The Bertz CT molecular complexity index is 487. The molecule has 0 bridgehead atoms. The molecule has 1 rings (SSSR count). The molecule has 0 aliphatic carbocycles. The number of amides is 1. The van der Waals surface area contributed by atoms with Crippen molar-refractivity contribution >= 4 is 11.6 Å². The number of rotatable bonds is 6. The molecule has 1 aromatic rings. The van der Waals surface area contributed by atoms with Crippen molar-refractivity contribution in [1.29, 1.82) is 0 Å². The lowest BCUT2D eigenvalue weighted by Gasteiger charge is -2.36. The zero-order chi connectivity index (χ0) is 16.9. The van der Waals surface area contributed by atoms with Crippen molar-refractivity contribution in [2.24, 2.45) is 11.3 Å². The molecule has 2 heteroatoms. The van der Waals surface area contributed by atoms with E-state index in [0.717, 1.165) is 24.9 Å². The lowest BCUT2D eigenvalue weighted by Crippen LogP contribution is -2.45. The summed E-state index contributed by atoms with van der Waals surface area (Å²) in [4.78, 5) is 15.2. The van der Waals surface area contributed by atoms with Crippen LogP contribution in [0.25, 0.3) is 0 Å². The van der Waals surface area contributed by atoms with E-state index in [9.17, 15) is 4.79 Å². The summed E-state index contributed by atoms with van der Waals surface area (Å²) in [6, 6.07) is 8.66. The summed E-state index contributed by atoms with van der Waals surface area (Å²) in [5, 5.41) is 0. The first-order valence-corrected chi connectivity index (χ1v) is 8.64. The first-order valence-electron chi connectivity index (χ1n) is 8.64. The smallest absolute Gasteiger partial charge is 0.230 e. The van der Waals surface area contributed by atoms with Crippen LogP contribution in [-0.2, 0) is 11.2 Å². The third-order valence-electron chi connectivity index (χ3n) is 4.65. The van der Waals surface area contributed by atoms with Crippen LogP contribution in [0.4, 0.5) is 5.69 Å². The standard InChI is InChI=1S/C20H33NO/c1-8-11-15(3)21(19(22)16(4)20(5,6)7)18-13-10-12-17(9-2)14-18/h10,12-16H,8-9,11H2,1-7H3. The molecule has 1 amide bonds. The number of benzene rings is 1. The third kappa shape index (κ3) is 4.59. The molecule has 0 aliphatic heterocycles. The predicted octanol–water partition coefficient (Wildman–Crippen LogP) is 5.45. The van der Waals surface area contributed by atoms with Crippen molar-refractivity contribution in [3.8, 4) is 0 Å². The highest BCUT2D eigenvalue weighted by atomic mass is 16.2. The molecule has 22 heavy (non-hydrogen) atoms. The molecule has 0 radical (unpaired) electrons. The molecule has 2 atom stereocenters. The normalized spacial score (nSPS) is 14.5. The molecule has 0 saturated carbocycles. The molecular weight excluding hydrogens is 270 g/mol. The summed E-state index contributed by atoms with van der Waals surface area (Å²) in [5.74, 6) is 0.235. The van der Waals surface area contributed by atoms with Crippen LogP contribution in [0.3, 0.4) is 0 Å². The maximum Gasteiger partial charge on any atom is 0.230 e. The van der Waals surface area contributed by atoms with E-state index in [1.165, 1.54) is 5.56 Å². The second kappa shape index (κ2) is 7.80. The number of carbonyl (C=O) groups excluding carboxylic acids is 1. The molecule has 2 nitrogen and oxygen atoms in total. The highest BCUT2D eigenvalue weighted by Crippen LogP contribution is 2.31. The molecular formula is C20H33NO. The fraction of sp³-hybridized carbons (Fsp3) is 0.650. The van der Waals surface area contributed by atoms with E-state index in [1.807, 2.05) is 4.90 Å². The summed E-state index contributed by atoms with van der Waals surface area (Å²) in [7, 11) is 0. The Balaban J connectivity index is 3.20. The van der Waals surface area contributed by atoms with Gasteiger partial charge in [0.1, 0.15) is 0 Å².